The van der Waals surface area contributed by atoms with Crippen LogP contribution in [-0.4, -0.2) is 38.7 Å². The molecule has 4 rings (SSSR count). The second-order valence-electron chi connectivity index (χ2n) is 8.35. The molecule has 3 N–H and O–H groups in total. The van der Waals surface area contributed by atoms with Crippen LogP contribution in [0.15, 0.2) is 63.9 Å². The average Bonchev–Trinajstić information content (AvgIpc) is 3.42. The summed E-state index contributed by atoms with van der Waals surface area (Å²) in [6.45, 7) is -0.233. The Balaban J connectivity index is 1.95. The number of nitrogens with zero attached hydrogens (tertiary/aromatic N) is 2. The molecule has 0 atom stereocenters. The molecule has 14 heteroatoms. The minimum Gasteiger partial charge on any atom is -0.497 e. The second kappa shape index (κ2) is 12.0. The maximum atomic E-state index is 14.0. The summed E-state index contributed by atoms with van der Waals surface area (Å²) in [6.07, 6.45) is -3.43. The molecule has 0 fully saturated rings. The summed E-state index contributed by atoms with van der Waals surface area (Å²) in [5.74, 6) is -1.35. The van der Waals surface area contributed by atoms with Crippen molar-refractivity contribution in [2.75, 3.05) is 14.2 Å². The van der Waals surface area contributed by atoms with Gasteiger partial charge >= 0.3 is 6.43 Å². The lowest BCUT2D eigenvalue weighted by atomic mass is 9.94. The van der Waals surface area contributed by atoms with E-state index in [4.69, 9.17) is 31.2 Å². The third-order valence-corrected chi connectivity index (χ3v) is 7.64. The molecular weight excluding hydrogens is 570 g/mol. The van der Waals surface area contributed by atoms with Gasteiger partial charge in [-0.3, -0.25) is 4.79 Å². The normalized spacial score (nSPS) is 11.6. The maximum Gasteiger partial charge on any atom is 0.314 e. The topological polar surface area (TPSA) is 147 Å². The molecule has 1 amide bonds. The first kappa shape index (κ1) is 28.9. The molecule has 3 aromatic carbocycles. The van der Waals surface area contributed by atoms with E-state index in [0.717, 1.165) is 0 Å². The molecule has 0 unspecified atom stereocenters. The van der Waals surface area contributed by atoms with E-state index in [1.165, 1.54) is 32.4 Å². The van der Waals surface area contributed by atoms with Crippen molar-refractivity contribution in [2.24, 2.45) is 5.73 Å². The van der Waals surface area contributed by atoms with Crippen molar-refractivity contribution >= 4 is 27.5 Å². The number of carbonyl (C=O) groups is 1. The Labute approximate surface area is 233 Å². The van der Waals surface area contributed by atoms with Gasteiger partial charge < -0.3 is 19.6 Å². The summed E-state index contributed by atoms with van der Waals surface area (Å²) >= 11 is 6.46. The highest BCUT2D eigenvalue weighted by Gasteiger charge is 2.31. The van der Waals surface area contributed by atoms with Gasteiger partial charge in [-0.2, -0.15) is 8.78 Å². The van der Waals surface area contributed by atoms with Crippen LogP contribution in [-0.2, 0) is 27.8 Å². The zero-order valence-corrected chi connectivity index (χ0v) is 22.7. The number of nitrogens with two attached hydrogens (primary N) is 1. The van der Waals surface area contributed by atoms with Crippen LogP contribution in [0.3, 0.4) is 0 Å². The first-order chi connectivity index (χ1) is 19.1. The lowest BCUT2D eigenvalue weighted by molar-refractivity contribution is -0.117. The van der Waals surface area contributed by atoms with Crippen LogP contribution in [0.2, 0.25) is 5.02 Å². The number of hydrogen-bond donors (Lipinski definition) is 2. The van der Waals surface area contributed by atoms with Gasteiger partial charge in [0.2, 0.25) is 21.8 Å². The molecule has 0 radical (unpaired) electrons. The molecule has 0 aliphatic heterocycles. The summed E-state index contributed by atoms with van der Waals surface area (Å²) < 4.78 is 72.7. The van der Waals surface area contributed by atoms with E-state index in [2.05, 4.69) is 14.9 Å². The molecular formula is C26H23ClF2N4O6S. The van der Waals surface area contributed by atoms with Crippen molar-refractivity contribution in [3.05, 3.63) is 76.6 Å². The first-order valence-electron chi connectivity index (χ1n) is 11.6. The smallest absolute Gasteiger partial charge is 0.314 e. The van der Waals surface area contributed by atoms with Gasteiger partial charge in [-0.1, -0.05) is 41.9 Å². The van der Waals surface area contributed by atoms with E-state index in [0.29, 0.717) is 17.1 Å². The number of halogens is 3. The molecule has 0 aliphatic rings. The minimum absolute atomic E-state index is 0.0212. The monoisotopic (exact) mass is 592 g/mol. The quantitative estimate of drug-likeness (QED) is 0.258. The fraction of sp³-hybridized carbons (Fsp3) is 0.192. The van der Waals surface area contributed by atoms with Crippen molar-refractivity contribution in [1.82, 2.24) is 14.9 Å². The van der Waals surface area contributed by atoms with E-state index >= 15 is 0 Å². The summed E-state index contributed by atoms with van der Waals surface area (Å²) in [6, 6.07) is 13.9. The molecule has 1 aromatic heterocycles. The Hall–Kier alpha value is -4.07. The van der Waals surface area contributed by atoms with Crippen LogP contribution in [0.5, 0.6) is 11.5 Å². The number of benzene rings is 3. The predicted molar refractivity (Wildman–Crippen MR) is 142 cm³/mol. The van der Waals surface area contributed by atoms with E-state index in [-0.39, 0.29) is 40.2 Å². The van der Waals surface area contributed by atoms with Gasteiger partial charge in [0.15, 0.2) is 0 Å². The van der Waals surface area contributed by atoms with Crippen molar-refractivity contribution in [3.63, 3.8) is 0 Å². The lowest BCUT2D eigenvalue weighted by Gasteiger charge is -2.19. The van der Waals surface area contributed by atoms with Gasteiger partial charge in [0.05, 0.1) is 26.2 Å². The fourth-order valence-electron chi connectivity index (χ4n) is 4.04. The van der Waals surface area contributed by atoms with Gasteiger partial charge in [0.1, 0.15) is 16.4 Å². The number of aromatic nitrogens is 2. The van der Waals surface area contributed by atoms with Crippen molar-refractivity contribution in [3.8, 4) is 34.1 Å². The minimum atomic E-state index is -4.51. The number of carbonyl (C=O) groups excluding carboxylic acids is 1. The van der Waals surface area contributed by atoms with E-state index in [9.17, 15) is 22.0 Å². The van der Waals surface area contributed by atoms with Gasteiger partial charge in [0, 0.05) is 34.3 Å². The maximum absolute atomic E-state index is 14.0. The predicted octanol–water partition coefficient (Wildman–Crippen LogP) is 4.52. The fourth-order valence-corrected chi connectivity index (χ4v) is 5.71. The number of hydrogen-bond acceptors (Lipinski definition) is 8. The number of primary amides is 1. The summed E-state index contributed by atoms with van der Waals surface area (Å²) in [5, 5.41) is 7.14. The number of ether oxygens (including phenoxy) is 2. The second-order valence-corrected chi connectivity index (χ2v) is 10.5. The summed E-state index contributed by atoms with van der Waals surface area (Å²) in [7, 11) is -1.61. The number of nitrogens with one attached hydrogen (secondary N) is 1. The van der Waals surface area contributed by atoms with Gasteiger partial charge in [-0.25, -0.2) is 13.1 Å². The highest BCUT2D eigenvalue weighted by molar-refractivity contribution is 7.89. The van der Waals surface area contributed by atoms with Crippen molar-refractivity contribution in [2.45, 2.75) is 24.3 Å². The largest absolute Gasteiger partial charge is 0.497 e. The SMILES string of the molecule is COc1ccc(CNS(=O)(=O)c2c(-c3nnc(C(F)F)o3)ccc(CC(N)=O)c2-c2ccccc2Cl)c(OC)c1. The van der Waals surface area contributed by atoms with Crippen LogP contribution in [0.4, 0.5) is 8.78 Å². The standard InChI is InChI=1S/C26H23ClF2N4O6S/c1-37-16-9-7-15(20(12-16)38-2)13-31-40(35,36)23-18(25-32-33-26(39-25)24(28)29)10-8-14(11-21(30)34)22(23)17-5-3-4-6-19(17)27/h3-10,12,24,31H,11,13H2,1-2H3,(H2,30,34). The Kier molecular flexibility index (Phi) is 8.67. The average molecular weight is 593 g/mol. The lowest BCUT2D eigenvalue weighted by Crippen LogP contribution is -2.26. The molecule has 10 nitrogen and oxygen atoms in total. The highest BCUT2D eigenvalue weighted by atomic mass is 35.5. The van der Waals surface area contributed by atoms with E-state index in [1.54, 1.807) is 36.4 Å². The first-order valence-corrected chi connectivity index (χ1v) is 13.4. The van der Waals surface area contributed by atoms with Crippen LogP contribution in [0.1, 0.15) is 23.4 Å². The molecule has 210 valence electrons. The number of amides is 1. The number of rotatable bonds is 11. The van der Waals surface area contributed by atoms with Crippen LogP contribution in [0.25, 0.3) is 22.6 Å². The van der Waals surface area contributed by atoms with Crippen LogP contribution >= 0.6 is 11.6 Å². The Bertz CT molecular complexity index is 1660. The molecule has 0 aliphatic carbocycles. The highest BCUT2D eigenvalue weighted by Crippen LogP contribution is 2.41. The van der Waals surface area contributed by atoms with Crippen molar-refractivity contribution < 1.29 is 35.9 Å². The number of sulfonamides is 1. The van der Waals surface area contributed by atoms with Crippen molar-refractivity contribution in [1.29, 1.82) is 0 Å². The Morgan fingerprint density at radius 3 is 2.40 bits per heavy atom. The van der Waals surface area contributed by atoms with Crippen LogP contribution in [0, 0.1) is 0 Å². The molecule has 0 bridgehead atoms. The zero-order chi connectivity index (χ0) is 29.0. The molecule has 4 aromatic rings. The molecule has 40 heavy (non-hydrogen) atoms. The molecule has 0 saturated heterocycles. The number of methoxy groups -OCH3 is 2. The van der Waals surface area contributed by atoms with E-state index < -0.39 is 39.0 Å². The van der Waals surface area contributed by atoms with E-state index in [1.807, 2.05) is 0 Å². The Morgan fingerprint density at radius 1 is 1.05 bits per heavy atom. The molecule has 0 saturated carbocycles. The van der Waals surface area contributed by atoms with Gasteiger partial charge in [-0.05, 0) is 23.8 Å². The summed E-state index contributed by atoms with van der Waals surface area (Å²) in [5.41, 5.74) is 6.24. The van der Waals surface area contributed by atoms with Gasteiger partial charge in [0.25, 0.3) is 5.89 Å². The number of alkyl halides is 2. The molecule has 0 spiro atoms. The Morgan fingerprint density at radius 2 is 1.77 bits per heavy atom. The summed E-state index contributed by atoms with van der Waals surface area (Å²) in [4.78, 5) is 11.5. The third kappa shape index (κ3) is 6.06. The third-order valence-electron chi connectivity index (χ3n) is 5.83. The van der Waals surface area contributed by atoms with Crippen LogP contribution < -0.4 is 19.9 Å². The van der Waals surface area contributed by atoms with Gasteiger partial charge in [-0.15, -0.1) is 10.2 Å². The molecule has 1 heterocycles. The zero-order valence-electron chi connectivity index (χ0n) is 21.2.